The number of methoxy groups -OCH3 is 1. The van der Waals surface area contributed by atoms with Crippen molar-refractivity contribution in [2.75, 3.05) is 7.11 Å². The number of hydrogen-bond donors (Lipinski definition) is 3. The number of sulfonamides is 1. The van der Waals surface area contributed by atoms with E-state index in [1.165, 1.54) is 13.3 Å². The van der Waals surface area contributed by atoms with Crippen LogP contribution in [0.4, 0.5) is 0 Å². The van der Waals surface area contributed by atoms with Gasteiger partial charge in [-0.1, -0.05) is 6.07 Å². The Kier molecular flexibility index (Phi) is 4.56. The summed E-state index contributed by atoms with van der Waals surface area (Å²) < 4.78 is 31.9. The van der Waals surface area contributed by atoms with Gasteiger partial charge in [-0.3, -0.25) is 5.10 Å². The molecule has 0 aromatic carbocycles. The Bertz CT molecular complexity index is 709. The molecule has 0 saturated carbocycles. The largest absolute Gasteiger partial charge is 0.481 e. The van der Waals surface area contributed by atoms with Crippen LogP contribution in [-0.2, 0) is 23.2 Å². The van der Waals surface area contributed by atoms with Gasteiger partial charge in [0.25, 0.3) is 0 Å². The molecule has 0 amide bonds. The smallest absolute Gasteiger partial charge is 0.244 e. The van der Waals surface area contributed by atoms with Crippen molar-refractivity contribution in [1.82, 2.24) is 19.9 Å². The van der Waals surface area contributed by atoms with Crippen LogP contribution in [0, 0.1) is 6.92 Å². The molecule has 9 heteroatoms. The van der Waals surface area contributed by atoms with Crippen molar-refractivity contribution < 1.29 is 18.3 Å². The third kappa shape index (κ3) is 3.38. The third-order valence-electron chi connectivity index (χ3n) is 2.85. The van der Waals surface area contributed by atoms with Gasteiger partial charge in [0.15, 0.2) is 0 Å². The predicted molar refractivity (Wildman–Crippen MR) is 74.1 cm³/mol. The van der Waals surface area contributed by atoms with Crippen molar-refractivity contribution in [2.45, 2.75) is 25.0 Å². The minimum Gasteiger partial charge on any atom is -0.481 e. The Hall–Kier alpha value is -1.97. The van der Waals surface area contributed by atoms with Crippen molar-refractivity contribution in [3.8, 4) is 5.88 Å². The molecule has 0 saturated heterocycles. The van der Waals surface area contributed by atoms with Gasteiger partial charge in [0, 0.05) is 18.8 Å². The topological polar surface area (TPSA) is 117 Å². The molecule has 0 aliphatic carbocycles. The van der Waals surface area contributed by atoms with E-state index in [1.807, 2.05) is 0 Å². The first-order chi connectivity index (χ1) is 9.97. The van der Waals surface area contributed by atoms with Crippen LogP contribution in [-0.4, -0.2) is 35.8 Å². The van der Waals surface area contributed by atoms with Gasteiger partial charge in [-0.25, -0.2) is 18.1 Å². The molecule has 2 aromatic rings. The summed E-state index contributed by atoms with van der Waals surface area (Å²) in [6.07, 6.45) is 1.52. The van der Waals surface area contributed by atoms with E-state index in [2.05, 4.69) is 19.9 Å². The van der Waals surface area contributed by atoms with Crippen molar-refractivity contribution in [1.29, 1.82) is 0 Å². The molecule has 3 N–H and O–H groups in total. The highest BCUT2D eigenvalue weighted by atomic mass is 32.2. The number of aryl methyl sites for hydroxylation is 1. The van der Waals surface area contributed by atoms with E-state index in [-0.39, 0.29) is 17.1 Å². The molecule has 0 radical (unpaired) electrons. The number of aromatic amines is 1. The maximum atomic E-state index is 12.3. The number of aliphatic hydroxyl groups excluding tert-OH is 1. The van der Waals surface area contributed by atoms with Crippen molar-refractivity contribution in [2.24, 2.45) is 0 Å². The lowest BCUT2D eigenvalue weighted by Gasteiger charge is -2.07. The van der Waals surface area contributed by atoms with Gasteiger partial charge in [-0.05, 0) is 12.5 Å². The van der Waals surface area contributed by atoms with Gasteiger partial charge in [-0.15, -0.1) is 0 Å². The lowest BCUT2D eigenvalue weighted by Crippen LogP contribution is -2.24. The number of aliphatic hydroxyl groups is 1. The van der Waals surface area contributed by atoms with E-state index >= 15 is 0 Å². The second-order valence-electron chi connectivity index (χ2n) is 4.32. The second-order valence-corrected chi connectivity index (χ2v) is 6.02. The molecule has 2 heterocycles. The molecule has 0 atom stereocenters. The molecular formula is C12H16N4O4S. The molecule has 0 spiro atoms. The van der Waals surface area contributed by atoms with Gasteiger partial charge >= 0.3 is 0 Å². The lowest BCUT2D eigenvalue weighted by molar-refractivity contribution is 0.273. The number of nitrogens with zero attached hydrogens (tertiary/aromatic N) is 2. The number of nitrogens with one attached hydrogen (secondary N) is 2. The monoisotopic (exact) mass is 312 g/mol. The molecular weight excluding hydrogens is 296 g/mol. The Morgan fingerprint density at radius 1 is 1.43 bits per heavy atom. The van der Waals surface area contributed by atoms with Gasteiger partial charge in [0.05, 0.1) is 19.4 Å². The number of ether oxygens (including phenoxy) is 1. The van der Waals surface area contributed by atoms with Crippen LogP contribution < -0.4 is 9.46 Å². The SMILES string of the molecule is COc1ccc(CNS(=O)(=O)c2c(CO)n[nH]c2C)cn1. The number of hydrogen-bond acceptors (Lipinski definition) is 6. The first-order valence-electron chi connectivity index (χ1n) is 6.11. The van der Waals surface area contributed by atoms with Crippen LogP contribution >= 0.6 is 0 Å². The standard InChI is InChI=1S/C12H16N4O4S/c1-8-12(10(7-17)16-15-8)21(18,19)14-6-9-3-4-11(20-2)13-5-9/h3-5,14,17H,6-7H2,1-2H3,(H,15,16). The van der Waals surface area contributed by atoms with E-state index in [9.17, 15) is 8.42 Å². The molecule has 2 aromatic heterocycles. The van der Waals surface area contributed by atoms with Gasteiger partial charge < -0.3 is 9.84 Å². The Morgan fingerprint density at radius 2 is 2.19 bits per heavy atom. The summed E-state index contributed by atoms with van der Waals surface area (Å²) in [5.41, 5.74) is 1.15. The van der Waals surface area contributed by atoms with Gasteiger partial charge in [-0.2, -0.15) is 5.10 Å². The van der Waals surface area contributed by atoms with Crippen molar-refractivity contribution in [3.05, 3.63) is 35.3 Å². The number of aromatic nitrogens is 3. The zero-order valence-electron chi connectivity index (χ0n) is 11.6. The van der Waals surface area contributed by atoms with E-state index in [0.29, 0.717) is 17.1 Å². The predicted octanol–water partition coefficient (Wildman–Crippen LogP) is 0.0925. The highest BCUT2D eigenvalue weighted by molar-refractivity contribution is 7.89. The van der Waals surface area contributed by atoms with Crippen molar-refractivity contribution >= 4 is 10.0 Å². The number of rotatable bonds is 6. The van der Waals surface area contributed by atoms with E-state index in [4.69, 9.17) is 9.84 Å². The molecule has 8 nitrogen and oxygen atoms in total. The number of H-pyrrole nitrogens is 1. The van der Waals surface area contributed by atoms with Crippen LogP contribution in [0.1, 0.15) is 17.0 Å². The molecule has 21 heavy (non-hydrogen) atoms. The quantitative estimate of drug-likeness (QED) is 0.696. The number of pyridine rings is 1. The maximum Gasteiger partial charge on any atom is 0.244 e. The Labute approximate surface area is 122 Å². The Balaban J connectivity index is 2.15. The first kappa shape index (κ1) is 15.4. The van der Waals surface area contributed by atoms with Gasteiger partial charge in [0.1, 0.15) is 10.6 Å². The van der Waals surface area contributed by atoms with Crippen LogP contribution in [0.3, 0.4) is 0 Å². The normalized spacial score (nSPS) is 11.6. The average Bonchev–Trinajstić information content (AvgIpc) is 2.87. The molecule has 0 bridgehead atoms. The minimum absolute atomic E-state index is 0.0218. The molecule has 0 unspecified atom stereocenters. The van der Waals surface area contributed by atoms with Crippen LogP contribution in [0.15, 0.2) is 23.2 Å². The molecule has 0 fully saturated rings. The summed E-state index contributed by atoms with van der Waals surface area (Å²) in [5, 5.41) is 15.4. The molecule has 0 aliphatic heterocycles. The summed E-state index contributed by atoms with van der Waals surface area (Å²) in [5.74, 6) is 0.454. The highest BCUT2D eigenvalue weighted by Crippen LogP contribution is 2.18. The summed E-state index contributed by atoms with van der Waals surface area (Å²) in [6.45, 7) is 1.20. The first-order valence-corrected chi connectivity index (χ1v) is 7.59. The average molecular weight is 312 g/mol. The zero-order valence-corrected chi connectivity index (χ0v) is 12.4. The van der Waals surface area contributed by atoms with Crippen LogP contribution in [0.5, 0.6) is 5.88 Å². The lowest BCUT2D eigenvalue weighted by atomic mass is 10.3. The summed E-state index contributed by atoms with van der Waals surface area (Å²) in [6, 6.07) is 3.36. The summed E-state index contributed by atoms with van der Waals surface area (Å²) >= 11 is 0. The fraction of sp³-hybridized carbons (Fsp3) is 0.333. The maximum absolute atomic E-state index is 12.3. The highest BCUT2D eigenvalue weighted by Gasteiger charge is 2.23. The molecule has 0 aliphatic rings. The van der Waals surface area contributed by atoms with Crippen LogP contribution in [0.2, 0.25) is 0 Å². The minimum atomic E-state index is -3.77. The van der Waals surface area contributed by atoms with Crippen LogP contribution in [0.25, 0.3) is 0 Å². The molecule has 114 valence electrons. The van der Waals surface area contributed by atoms with E-state index in [0.717, 1.165) is 0 Å². The molecule has 2 rings (SSSR count). The van der Waals surface area contributed by atoms with E-state index < -0.39 is 16.6 Å². The summed E-state index contributed by atoms with van der Waals surface area (Å²) in [4.78, 5) is 3.97. The summed E-state index contributed by atoms with van der Waals surface area (Å²) in [7, 11) is -2.26. The zero-order chi connectivity index (χ0) is 15.5. The second kappa shape index (κ2) is 6.20. The van der Waals surface area contributed by atoms with Crippen molar-refractivity contribution in [3.63, 3.8) is 0 Å². The van der Waals surface area contributed by atoms with Gasteiger partial charge in [0.2, 0.25) is 15.9 Å². The fourth-order valence-corrected chi connectivity index (χ4v) is 3.19. The fourth-order valence-electron chi connectivity index (χ4n) is 1.82. The van der Waals surface area contributed by atoms with E-state index in [1.54, 1.807) is 19.1 Å². The third-order valence-corrected chi connectivity index (χ3v) is 4.46. The Morgan fingerprint density at radius 3 is 2.76 bits per heavy atom.